The quantitative estimate of drug-likeness (QED) is 0.207. The Labute approximate surface area is 186 Å². The van der Waals surface area contributed by atoms with Crippen LogP contribution in [0, 0.1) is 12.7 Å². The van der Waals surface area contributed by atoms with E-state index in [1.807, 2.05) is 0 Å². The molecule has 0 saturated carbocycles. The lowest BCUT2D eigenvalue weighted by molar-refractivity contribution is 0.0702. The molecule has 4 aromatic rings. The van der Waals surface area contributed by atoms with Gasteiger partial charge in [-0.3, -0.25) is 4.79 Å². The molecule has 1 aromatic heterocycles. The van der Waals surface area contributed by atoms with E-state index in [9.17, 15) is 14.0 Å². The van der Waals surface area contributed by atoms with E-state index in [1.54, 1.807) is 49.4 Å². The number of rotatable bonds is 3. The van der Waals surface area contributed by atoms with E-state index < -0.39 is 11.8 Å². The number of furan rings is 1. The number of esters is 1. The maximum absolute atomic E-state index is 14.0. The van der Waals surface area contributed by atoms with Gasteiger partial charge in [0, 0.05) is 21.5 Å². The number of carbonyl (C=O) groups excluding carboxylic acids is 2. The molecular weight excluding hydrogens is 435 g/mol. The van der Waals surface area contributed by atoms with Crippen molar-refractivity contribution in [3.8, 4) is 11.5 Å². The summed E-state index contributed by atoms with van der Waals surface area (Å²) < 4.78 is 30.7. The van der Waals surface area contributed by atoms with Gasteiger partial charge in [0.25, 0.3) is 0 Å². The third-order valence-corrected chi connectivity index (χ3v) is 5.35. The zero-order chi connectivity index (χ0) is 22.4. The minimum Gasteiger partial charge on any atom is -0.452 e. The van der Waals surface area contributed by atoms with Gasteiger partial charge >= 0.3 is 5.97 Å². The molecule has 32 heavy (non-hydrogen) atoms. The van der Waals surface area contributed by atoms with Gasteiger partial charge in [0.1, 0.15) is 22.9 Å². The van der Waals surface area contributed by atoms with Crippen LogP contribution in [0.15, 0.2) is 70.8 Å². The van der Waals surface area contributed by atoms with Crippen LogP contribution in [0.5, 0.6) is 11.5 Å². The first-order valence-corrected chi connectivity index (χ1v) is 10.0. The van der Waals surface area contributed by atoms with Crippen LogP contribution in [0.3, 0.4) is 0 Å². The van der Waals surface area contributed by atoms with Crippen molar-refractivity contribution in [3.05, 3.63) is 99.7 Å². The molecule has 0 amide bonds. The molecule has 0 fully saturated rings. The van der Waals surface area contributed by atoms with Gasteiger partial charge in [0.05, 0.1) is 5.56 Å². The molecule has 3 aromatic carbocycles. The van der Waals surface area contributed by atoms with E-state index in [-0.39, 0.29) is 34.4 Å². The fourth-order valence-corrected chi connectivity index (χ4v) is 3.66. The number of ketones is 1. The van der Waals surface area contributed by atoms with E-state index in [2.05, 4.69) is 0 Å². The van der Waals surface area contributed by atoms with Crippen molar-refractivity contribution < 1.29 is 27.9 Å². The van der Waals surface area contributed by atoms with Gasteiger partial charge in [0.15, 0.2) is 5.76 Å². The minimum absolute atomic E-state index is 0.00848. The zero-order valence-electron chi connectivity index (χ0n) is 16.6. The van der Waals surface area contributed by atoms with Crippen molar-refractivity contribution in [2.45, 2.75) is 6.92 Å². The average molecular weight is 449 g/mol. The normalized spacial score (nSPS) is 14.0. The third kappa shape index (κ3) is 3.44. The number of fused-ring (bicyclic) bond motifs is 2. The Morgan fingerprint density at radius 3 is 2.72 bits per heavy atom. The molecule has 1 aliphatic rings. The maximum Gasteiger partial charge on any atom is 0.379 e. The SMILES string of the molecule is Cc1c(OC(=O)c2cc3cc(Cl)ccc3o2)ccc2c1O/C(=C\c1ccccc1F)C2=O. The molecule has 2 heterocycles. The van der Waals surface area contributed by atoms with Crippen molar-refractivity contribution in [1.29, 1.82) is 0 Å². The number of allylic oxidation sites excluding steroid dienone is 1. The largest absolute Gasteiger partial charge is 0.452 e. The summed E-state index contributed by atoms with van der Waals surface area (Å²) >= 11 is 5.97. The van der Waals surface area contributed by atoms with Crippen molar-refractivity contribution in [3.63, 3.8) is 0 Å². The maximum atomic E-state index is 14.0. The summed E-state index contributed by atoms with van der Waals surface area (Å²) in [6.45, 7) is 1.67. The molecule has 158 valence electrons. The Morgan fingerprint density at radius 2 is 1.91 bits per heavy atom. The van der Waals surface area contributed by atoms with Crippen molar-refractivity contribution in [2.75, 3.05) is 0 Å². The number of hydrogen-bond donors (Lipinski definition) is 0. The van der Waals surface area contributed by atoms with Gasteiger partial charge in [0.2, 0.25) is 11.5 Å². The Hall–Kier alpha value is -3.90. The second-order valence-electron chi connectivity index (χ2n) is 7.21. The molecule has 0 spiro atoms. The minimum atomic E-state index is -0.702. The molecule has 0 N–H and O–H groups in total. The molecule has 0 atom stereocenters. The van der Waals surface area contributed by atoms with Crippen LogP contribution >= 0.6 is 11.6 Å². The van der Waals surface area contributed by atoms with Crippen LogP contribution in [0.2, 0.25) is 5.02 Å². The lowest BCUT2D eigenvalue weighted by Gasteiger charge is -2.09. The van der Waals surface area contributed by atoms with E-state index >= 15 is 0 Å². The number of hydrogen-bond acceptors (Lipinski definition) is 5. The lowest BCUT2D eigenvalue weighted by atomic mass is 10.1. The molecule has 0 aliphatic carbocycles. The van der Waals surface area contributed by atoms with Crippen molar-refractivity contribution >= 4 is 40.4 Å². The molecule has 7 heteroatoms. The predicted octanol–water partition coefficient (Wildman–Crippen LogP) is 6.37. The van der Waals surface area contributed by atoms with E-state index in [0.29, 0.717) is 27.1 Å². The van der Waals surface area contributed by atoms with E-state index in [4.69, 9.17) is 25.5 Å². The first-order chi connectivity index (χ1) is 15.4. The number of halogens is 2. The summed E-state index contributed by atoms with van der Waals surface area (Å²) in [4.78, 5) is 25.3. The lowest BCUT2D eigenvalue weighted by Crippen LogP contribution is -2.08. The fourth-order valence-electron chi connectivity index (χ4n) is 3.48. The number of Topliss-reactive ketones (excluding diaryl/α,β-unsaturated/α-hetero) is 1. The van der Waals surface area contributed by atoms with Gasteiger partial charge in [-0.25, -0.2) is 9.18 Å². The average Bonchev–Trinajstić information content (AvgIpc) is 3.33. The van der Waals surface area contributed by atoms with Crippen LogP contribution in [-0.4, -0.2) is 11.8 Å². The van der Waals surface area contributed by atoms with Crippen molar-refractivity contribution in [2.24, 2.45) is 0 Å². The summed E-state index contributed by atoms with van der Waals surface area (Å²) in [6.07, 6.45) is 1.35. The van der Waals surface area contributed by atoms with E-state index in [0.717, 1.165) is 0 Å². The molecular formula is C25H14ClFO5. The van der Waals surface area contributed by atoms with Gasteiger partial charge in [-0.2, -0.15) is 0 Å². The Balaban J connectivity index is 1.43. The first-order valence-electron chi connectivity index (χ1n) is 9.64. The van der Waals surface area contributed by atoms with Crippen LogP contribution in [-0.2, 0) is 0 Å². The van der Waals surface area contributed by atoms with Gasteiger partial charge < -0.3 is 13.9 Å². The molecule has 5 nitrogen and oxygen atoms in total. The van der Waals surface area contributed by atoms with Crippen LogP contribution in [0.4, 0.5) is 4.39 Å². The molecule has 0 radical (unpaired) electrons. The molecule has 1 aliphatic heterocycles. The smallest absolute Gasteiger partial charge is 0.379 e. The highest BCUT2D eigenvalue weighted by Crippen LogP contribution is 2.39. The summed E-state index contributed by atoms with van der Waals surface area (Å²) in [6, 6.07) is 15.6. The highest BCUT2D eigenvalue weighted by molar-refractivity contribution is 6.31. The van der Waals surface area contributed by atoms with Gasteiger partial charge in [-0.05, 0) is 55.5 Å². The fraction of sp³-hybridized carbons (Fsp3) is 0.0400. The summed E-state index contributed by atoms with van der Waals surface area (Å²) in [7, 11) is 0. The number of carbonyl (C=O) groups is 2. The molecule has 0 saturated heterocycles. The Kier molecular flexibility index (Phi) is 4.79. The van der Waals surface area contributed by atoms with Crippen LogP contribution < -0.4 is 9.47 Å². The predicted molar refractivity (Wildman–Crippen MR) is 117 cm³/mol. The summed E-state index contributed by atoms with van der Waals surface area (Å²) in [5.74, 6) is -1.06. The highest BCUT2D eigenvalue weighted by Gasteiger charge is 2.31. The molecule has 0 bridgehead atoms. The Bertz CT molecular complexity index is 1450. The molecule has 5 rings (SSSR count). The van der Waals surface area contributed by atoms with Crippen molar-refractivity contribution in [1.82, 2.24) is 0 Å². The van der Waals surface area contributed by atoms with Crippen LogP contribution in [0.25, 0.3) is 17.0 Å². The van der Waals surface area contributed by atoms with Gasteiger partial charge in [-0.1, -0.05) is 29.8 Å². The van der Waals surface area contributed by atoms with E-state index in [1.165, 1.54) is 24.3 Å². The second kappa shape index (κ2) is 7.66. The second-order valence-corrected chi connectivity index (χ2v) is 7.65. The van der Waals surface area contributed by atoms with Crippen LogP contribution in [0.1, 0.15) is 32.0 Å². The standard InChI is InChI=1S/C25H14ClFO5/c1-13-19(32-25(29)22-12-15-10-16(26)6-8-20(15)30-22)9-7-17-23(28)21(31-24(13)17)11-14-4-2-3-5-18(14)27/h2-12H,1H3/b21-11-. The number of ether oxygens (including phenoxy) is 2. The summed E-state index contributed by atoms with van der Waals surface area (Å²) in [5, 5.41) is 1.20. The van der Waals surface area contributed by atoms with Gasteiger partial charge in [-0.15, -0.1) is 0 Å². The third-order valence-electron chi connectivity index (χ3n) is 5.11. The molecule has 0 unspecified atom stereocenters. The Morgan fingerprint density at radius 1 is 1.09 bits per heavy atom. The first kappa shape index (κ1) is 20.0. The zero-order valence-corrected chi connectivity index (χ0v) is 17.4. The number of benzene rings is 3. The topological polar surface area (TPSA) is 65.7 Å². The monoisotopic (exact) mass is 448 g/mol. The highest BCUT2D eigenvalue weighted by atomic mass is 35.5. The summed E-state index contributed by atoms with van der Waals surface area (Å²) in [5.41, 5.74) is 1.50.